The largest absolute Gasteiger partial charge is 0.497 e. The Morgan fingerprint density at radius 2 is 1.81 bits per heavy atom. The Kier molecular flexibility index (Phi) is 6.07. The number of aromatic nitrogens is 5. The van der Waals surface area contributed by atoms with Crippen molar-refractivity contribution in [3.8, 4) is 17.0 Å². The van der Waals surface area contributed by atoms with Crippen LogP contribution in [0, 0.1) is 5.82 Å². The van der Waals surface area contributed by atoms with Crippen LogP contribution in [-0.2, 0) is 12.7 Å². The number of nitrogens with one attached hydrogen (secondary N) is 1. The molecule has 5 rings (SSSR count). The molecule has 37 heavy (non-hydrogen) atoms. The summed E-state index contributed by atoms with van der Waals surface area (Å²) in [6.07, 6.45) is -3.17. The Labute approximate surface area is 207 Å². The molecule has 1 amide bonds. The van der Waals surface area contributed by atoms with Crippen molar-refractivity contribution in [1.29, 1.82) is 0 Å². The summed E-state index contributed by atoms with van der Waals surface area (Å²) in [7, 11) is 1.48. The fourth-order valence-electron chi connectivity index (χ4n) is 3.72. The van der Waals surface area contributed by atoms with Crippen molar-refractivity contribution >= 4 is 17.4 Å². The average Bonchev–Trinajstić information content (AvgIpc) is 3.49. The highest BCUT2D eigenvalue weighted by atomic mass is 19.4. The van der Waals surface area contributed by atoms with Gasteiger partial charge in [-0.3, -0.25) is 9.48 Å². The van der Waals surface area contributed by atoms with Gasteiger partial charge in [0.25, 0.3) is 5.91 Å². The van der Waals surface area contributed by atoms with Gasteiger partial charge < -0.3 is 10.1 Å². The van der Waals surface area contributed by atoms with E-state index >= 15 is 0 Å². The molecule has 0 unspecified atom stereocenters. The van der Waals surface area contributed by atoms with E-state index in [1.54, 1.807) is 42.6 Å². The number of hydrogen-bond donors (Lipinski definition) is 1. The van der Waals surface area contributed by atoms with Gasteiger partial charge in [0.1, 0.15) is 11.6 Å². The number of halogens is 4. The number of methoxy groups -OCH3 is 1. The van der Waals surface area contributed by atoms with E-state index in [0.29, 0.717) is 21.4 Å². The Hall–Kier alpha value is -4.74. The normalized spacial score (nSPS) is 11.6. The lowest BCUT2D eigenvalue weighted by molar-refractivity contribution is -0.142. The van der Waals surface area contributed by atoms with Crippen LogP contribution in [0.1, 0.15) is 21.7 Å². The Bertz CT molecular complexity index is 1590. The molecule has 0 saturated heterocycles. The molecule has 3 heterocycles. The molecule has 188 valence electrons. The molecule has 0 bridgehead atoms. The zero-order valence-corrected chi connectivity index (χ0v) is 19.2. The van der Waals surface area contributed by atoms with Gasteiger partial charge in [-0.05, 0) is 48.0 Å². The fraction of sp³-hybridized carbons (Fsp3) is 0.120. The maximum atomic E-state index is 13.9. The molecule has 3 aromatic heterocycles. The number of fused-ring (bicyclic) bond motifs is 1. The fourth-order valence-corrected chi connectivity index (χ4v) is 3.72. The summed E-state index contributed by atoms with van der Waals surface area (Å²) in [6.45, 7) is 0.259. The Morgan fingerprint density at radius 1 is 1.03 bits per heavy atom. The highest BCUT2D eigenvalue weighted by molar-refractivity contribution is 6.03. The van der Waals surface area contributed by atoms with Gasteiger partial charge in [0, 0.05) is 23.9 Å². The van der Waals surface area contributed by atoms with Crippen molar-refractivity contribution in [3.05, 3.63) is 95.7 Å². The molecule has 0 saturated carbocycles. The van der Waals surface area contributed by atoms with Gasteiger partial charge in [-0.1, -0.05) is 12.1 Å². The van der Waals surface area contributed by atoms with E-state index < -0.39 is 17.8 Å². The number of ether oxygens (including phenoxy) is 1. The molecule has 1 N–H and O–H groups in total. The zero-order chi connectivity index (χ0) is 26.2. The highest BCUT2D eigenvalue weighted by Crippen LogP contribution is 2.32. The number of benzene rings is 2. The number of amides is 1. The van der Waals surface area contributed by atoms with E-state index in [4.69, 9.17) is 4.74 Å². The van der Waals surface area contributed by atoms with Crippen LogP contribution >= 0.6 is 0 Å². The lowest BCUT2D eigenvalue weighted by atomic mass is 10.1. The van der Waals surface area contributed by atoms with Crippen LogP contribution in [-0.4, -0.2) is 37.4 Å². The molecular weight excluding hydrogens is 492 g/mol. The monoisotopic (exact) mass is 510 g/mol. The van der Waals surface area contributed by atoms with E-state index in [-0.39, 0.29) is 35.2 Å². The summed E-state index contributed by atoms with van der Waals surface area (Å²) in [5.74, 6) is -0.448. The summed E-state index contributed by atoms with van der Waals surface area (Å²) >= 11 is 0. The second-order valence-electron chi connectivity index (χ2n) is 8.04. The van der Waals surface area contributed by atoms with Gasteiger partial charge in [-0.25, -0.2) is 13.9 Å². The summed E-state index contributed by atoms with van der Waals surface area (Å²) in [4.78, 5) is 17.0. The second kappa shape index (κ2) is 9.37. The standard InChI is InChI=1S/C25H18F4N6O2/c1-37-18-7-5-16(6-8-18)19-12-21(25(27,28)29)35-23(30-19)13-20(32-35)24(36)31-22-9-10-34(33-22)14-15-3-2-4-17(26)11-15/h2-13H,14H2,1H3,(H,31,33,36). The predicted octanol–water partition coefficient (Wildman–Crippen LogP) is 5.06. The van der Waals surface area contributed by atoms with Gasteiger partial charge in [0.15, 0.2) is 22.9 Å². The van der Waals surface area contributed by atoms with E-state index in [1.807, 2.05) is 0 Å². The molecule has 0 aliphatic carbocycles. The number of nitrogens with zero attached hydrogens (tertiary/aromatic N) is 5. The summed E-state index contributed by atoms with van der Waals surface area (Å²) in [5.41, 5.74) is -0.344. The van der Waals surface area contributed by atoms with Crippen LogP contribution in [0.15, 0.2) is 72.9 Å². The Morgan fingerprint density at radius 3 is 2.51 bits per heavy atom. The molecule has 5 aromatic rings. The SMILES string of the molecule is COc1ccc(-c2cc(C(F)(F)F)n3nc(C(=O)Nc4ccn(Cc5cccc(F)c5)n4)cc3n2)cc1. The van der Waals surface area contributed by atoms with E-state index in [1.165, 1.54) is 36.1 Å². The van der Waals surface area contributed by atoms with Crippen LogP contribution in [0.5, 0.6) is 5.75 Å². The molecule has 0 spiro atoms. The van der Waals surface area contributed by atoms with Crippen molar-refractivity contribution in [3.63, 3.8) is 0 Å². The van der Waals surface area contributed by atoms with Crippen molar-refractivity contribution in [2.24, 2.45) is 0 Å². The molecule has 12 heteroatoms. The summed E-state index contributed by atoms with van der Waals surface area (Å²) in [5, 5.41) is 10.6. The molecular formula is C25H18F4N6O2. The lowest BCUT2D eigenvalue weighted by Crippen LogP contribution is -2.16. The van der Waals surface area contributed by atoms with Crippen LogP contribution in [0.3, 0.4) is 0 Å². The van der Waals surface area contributed by atoms with Crippen molar-refractivity contribution < 1.29 is 27.1 Å². The molecule has 0 aliphatic heterocycles. The van der Waals surface area contributed by atoms with E-state index in [2.05, 4.69) is 20.5 Å². The van der Waals surface area contributed by atoms with Crippen LogP contribution in [0.4, 0.5) is 23.4 Å². The van der Waals surface area contributed by atoms with Gasteiger partial charge in [-0.2, -0.15) is 23.4 Å². The summed E-state index contributed by atoms with van der Waals surface area (Å²) < 4.78 is 62.1. The number of anilines is 1. The smallest absolute Gasteiger partial charge is 0.433 e. The topological polar surface area (TPSA) is 86.3 Å². The first-order valence-corrected chi connectivity index (χ1v) is 10.9. The number of alkyl halides is 3. The molecule has 0 radical (unpaired) electrons. The Balaban J connectivity index is 1.42. The minimum absolute atomic E-state index is 0.0606. The molecule has 8 nitrogen and oxygen atoms in total. The lowest BCUT2D eigenvalue weighted by Gasteiger charge is -2.11. The first-order chi connectivity index (χ1) is 17.7. The molecule has 0 aliphatic rings. The van der Waals surface area contributed by atoms with Crippen molar-refractivity contribution in [1.82, 2.24) is 24.4 Å². The minimum Gasteiger partial charge on any atom is -0.497 e. The summed E-state index contributed by atoms with van der Waals surface area (Å²) in [6, 6.07) is 15.9. The highest BCUT2D eigenvalue weighted by Gasteiger charge is 2.35. The van der Waals surface area contributed by atoms with Gasteiger partial charge in [0.05, 0.1) is 19.3 Å². The van der Waals surface area contributed by atoms with Crippen molar-refractivity contribution in [2.75, 3.05) is 12.4 Å². The van der Waals surface area contributed by atoms with Gasteiger partial charge >= 0.3 is 6.18 Å². The number of carbonyl (C=O) groups is 1. The number of rotatable bonds is 6. The third-order valence-electron chi connectivity index (χ3n) is 5.45. The average molecular weight is 510 g/mol. The van der Waals surface area contributed by atoms with E-state index in [9.17, 15) is 22.4 Å². The zero-order valence-electron chi connectivity index (χ0n) is 19.2. The maximum Gasteiger partial charge on any atom is 0.433 e. The first kappa shape index (κ1) is 24.0. The van der Waals surface area contributed by atoms with Crippen LogP contribution in [0.2, 0.25) is 0 Å². The quantitative estimate of drug-likeness (QED) is 0.323. The molecule has 0 fully saturated rings. The third kappa shape index (κ3) is 5.13. The third-order valence-corrected chi connectivity index (χ3v) is 5.45. The van der Waals surface area contributed by atoms with Gasteiger partial charge in [-0.15, -0.1) is 0 Å². The maximum absolute atomic E-state index is 13.9. The van der Waals surface area contributed by atoms with Crippen LogP contribution < -0.4 is 10.1 Å². The predicted molar refractivity (Wildman–Crippen MR) is 126 cm³/mol. The van der Waals surface area contributed by atoms with Gasteiger partial charge in [0.2, 0.25) is 0 Å². The first-order valence-electron chi connectivity index (χ1n) is 10.9. The molecule has 2 aromatic carbocycles. The number of carbonyl (C=O) groups excluding carboxylic acids is 1. The van der Waals surface area contributed by atoms with Crippen LogP contribution in [0.25, 0.3) is 16.9 Å². The number of hydrogen-bond acceptors (Lipinski definition) is 5. The van der Waals surface area contributed by atoms with Crippen molar-refractivity contribution in [2.45, 2.75) is 12.7 Å². The van der Waals surface area contributed by atoms with E-state index in [0.717, 1.165) is 6.07 Å². The molecule has 0 atom stereocenters. The minimum atomic E-state index is -4.75. The second-order valence-corrected chi connectivity index (χ2v) is 8.04.